The van der Waals surface area contributed by atoms with Crippen molar-refractivity contribution in [1.29, 1.82) is 0 Å². The van der Waals surface area contributed by atoms with Gasteiger partial charge in [0, 0.05) is 23.7 Å². The minimum absolute atomic E-state index is 0.0137. The van der Waals surface area contributed by atoms with Crippen LogP contribution in [0.4, 0.5) is 13.9 Å². The molecule has 0 aliphatic rings. The third-order valence-electron chi connectivity index (χ3n) is 3.57. The zero-order valence-corrected chi connectivity index (χ0v) is 16.3. The predicted octanol–water partition coefficient (Wildman–Crippen LogP) is 3.81. The number of rotatable bonds is 6. The van der Waals surface area contributed by atoms with Crippen molar-refractivity contribution in [1.82, 2.24) is 10.3 Å². The van der Waals surface area contributed by atoms with Gasteiger partial charge in [0.05, 0.1) is 5.02 Å². The quantitative estimate of drug-likeness (QED) is 0.606. The van der Waals surface area contributed by atoms with E-state index < -0.39 is 32.5 Å². The average molecular weight is 444 g/mol. The van der Waals surface area contributed by atoms with Crippen LogP contribution in [0.1, 0.15) is 15.9 Å². The topological polar surface area (TPSA) is 88.2 Å². The van der Waals surface area contributed by atoms with E-state index in [2.05, 4.69) is 15.0 Å². The lowest BCUT2D eigenvalue weighted by Crippen LogP contribution is -2.23. The highest BCUT2D eigenvalue weighted by Gasteiger charge is 2.21. The molecule has 0 aliphatic heterocycles. The Bertz CT molecular complexity index is 1120. The number of nitrogens with zero attached hydrogens (tertiary/aromatic N) is 1. The van der Waals surface area contributed by atoms with Gasteiger partial charge in [-0.05, 0) is 35.9 Å². The van der Waals surface area contributed by atoms with Gasteiger partial charge in [-0.15, -0.1) is 11.3 Å². The molecule has 0 unspecified atom stereocenters. The zero-order chi connectivity index (χ0) is 20.3. The van der Waals surface area contributed by atoms with E-state index in [1.54, 1.807) is 5.38 Å². The second-order valence-electron chi connectivity index (χ2n) is 5.52. The number of carbonyl (C=O) groups excluding carboxylic acids is 1. The van der Waals surface area contributed by atoms with Crippen molar-refractivity contribution in [2.45, 2.75) is 11.4 Å². The van der Waals surface area contributed by atoms with E-state index in [1.807, 2.05) is 0 Å². The summed E-state index contributed by atoms with van der Waals surface area (Å²) in [6, 6.07) is 7.04. The number of nitrogens with one attached hydrogen (secondary N) is 2. The first-order chi connectivity index (χ1) is 13.3. The van der Waals surface area contributed by atoms with E-state index in [0.717, 1.165) is 23.5 Å². The van der Waals surface area contributed by atoms with Crippen molar-refractivity contribution >= 4 is 44.0 Å². The summed E-state index contributed by atoms with van der Waals surface area (Å²) >= 11 is 6.63. The fourth-order valence-corrected chi connectivity index (χ4v) is 4.20. The normalized spacial score (nSPS) is 11.2. The monoisotopic (exact) mass is 443 g/mol. The molecular formula is C17H12ClF2N3O3S2. The van der Waals surface area contributed by atoms with Gasteiger partial charge in [-0.1, -0.05) is 17.7 Å². The van der Waals surface area contributed by atoms with Crippen molar-refractivity contribution in [3.63, 3.8) is 0 Å². The molecular weight excluding hydrogens is 432 g/mol. The fraction of sp³-hybridized carbons (Fsp3) is 0.0588. The third-order valence-corrected chi connectivity index (χ3v) is 6.07. The fourth-order valence-electron chi connectivity index (χ4n) is 2.24. The van der Waals surface area contributed by atoms with Crippen LogP contribution in [-0.2, 0) is 16.6 Å². The van der Waals surface area contributed by atoms with E-state index in [1.165, 1.54) is 30.5 Å². The average Bonchev–Trinajstić information content (AvgIpc) is 3.14. The molecule has 0 radical (unpaired) electrons. The number of amides is 1. The van der Waals surface area contributed by atoms with Gasteiger partial charge in [-0.3, -0.25) is 9.52 Å². The van der Waals surface area contributed by atoms with Crippen LogP contribution in [0, 0.1) is 11.6 Å². The van der Waals surface area contributed by atoms with E-state index in [9.17, 15) is 22.0 Å². The summed E-state index contributed by atoms with van der Waals surface area (Å²) < 4.78 is 54.4. The van der Waals surface area contributed by atoms with Crippen LogP contribution in [0.5, 0.6) is 0 Å². The highest BCUT2D eigenvalue weighted by atomic mass is 35.5. The van der Waals surface area contributed by atoms with Gasteiger partial charge in [0.1, 0.15) is 16.5 Å². The lowest BCUT2D eigenvalue weighted by molar-refractivity contribution is 0.0950. The van der Waals surface area contributed by atoms with Gasteiger partial charge < -0.3 is 5.32 Å². The number of halogens is 3. The van der Waals surface area contributed by atoms with E-state index >= 15 is 0 Å². The van der Waals surface area contributed by atoms with E-state index in [0.29, 0.717) is 5.56 Å². The lowest BCUT2D eigenvalue weighted by atomic mass is 10.2. The van der Waals surface area contributed by atoms with Gasteiger partial charge in [0.2, 0.25) is 0 Å². The summed E-state index contributed by atoms with van der Waals surface area (Å²) in [5.74, 6) is -2.36. The Morgan fingerprint density at radius 2 is 1.93 bits per heavy atom. The summed E-state index contributed by atoms with van der Waals surface area (Å²) in [5, 5.41) is 4.11. The first-order valence-corrected chi connectivity index (χ1v) is 10.4. The molecule has 0 atom stereocenters. The van der Waals surface area contributed by atoms with Crippen molar-refractivity contribution in [2.75, 3.05) is 4.72 Å². The molecule has 1 aromatic heterocycles. The number of thiazole rings is 1. The molecule has 28 heavy (non-hydrogen) atoms. The Kier molecular flexibility index (Phi) is 5.92. The molecule has 3 aromatic rings. The Labute approximate surface area is 168 Å². The number of sulfonamides is 1. The standard InChI is InChI=1S/C17H12ClF2N3O3S2/c18-12-3-1-10(7-13(12)19)9-22-16(24)11-2-4-15(14(20)8-11)28(25,26)23-17-21-5-6-27-17/h1-8H,9H2,(H,21,23)(H,22,24). The molecule has 0 bridgehead atoms. The van der Waals surface area contributed by atoms with Gasteiger partial charge in [0.15, 0.2) is 5.13 Å². The number of benzene rings is 2. The molecule has 0 aliphatic carbocycles. The molecule has 3 rings (SSSR count). The summed E-state index contributed by atoms with van der Waals surface area (Å²) in [4.78, 5) is 15.3. The third kappa shape index (κ3) is 4.64. The lowest BCUT2D eigenvalue weighted by Gasteiger charge is -2.09. The molecule has 1 heterocycles. The van der Waals surface area contributed by atoms with Gasteiger partial charge in [-0.25, -0.2) is 22.2 Å². The summed E-state index contributed by atoms with van der Waals surface area (Å²) in [6.07, 6.45) is 1.40. The summed E-state index contributed by atoms with van der Waals surface area (Å²) in [6.45, 7) is -0.0137. The number of carbonyl (C=O) groups is 1. The second-order valence-corrected chi connectivity index (χ2v) is 8.47. The Morgan fingerprint density at radius 1 is 1.14 bits per heavy atom. The molecule has 6 nitrogen and oxygen atoms in total. The molecule has 0 saturated carbocycles. The van der Waals surface area contributed by atoms with Gasteiger partial charge in [0.25, 0.3) is 15.9 Å². The van der Waals surface area contributed by atoms with Gasteiger partial charge in [-0.2, -0.15) is 0 Å². The van der Waals surface area contributed by atoms with Crippen LogP contribution in [0.25, 0.3) is 0 Å². The minimum Gasteiger partial charge on any atom is -0.348 e. The van der Waals surface area contributed by atoms with Gasteiger partial charge >= 0.3 is 0 Å². The zero-order valence-electron chi connectivity index (χ0n) is 13.9. The molecule has 2 aromatic carbocycles. The van der Waals surface area contributed by atoms with Crippen LogP contribution < -0.4 is 10.0 Å². The molecule has 1 amide bonds. The number of aromatic nitrogens is 1. The summed E-state index contributed by atoms with van der Waals surface area (Å²) in [7, 11) is -4.18. The van der Waals surface area contributed by atoms with Crippen LogP contribution in [0.2, 0.25) is 5.02 Å². The number of anilines is 1. The maximum Gasteiger partial charge on any atom is 0.266 e. The highest BCUT2D eigenvalue weighted by Crippen LogP contribution is 2.21. The Hall–Kier alpha value is -2.56. The van der Waals surface area contributed by atoms with Crippen LogP contribution >= 0.6 is 22.9 Å². The number of hydrogen-bond donors (Lipinski definition) is 2. The maximum atomic E-state index is 14.3. The van der Waals surface area contributed by atoms with Crippen molar-refractivity contribution in [3.05, 3.63) is 75.8 Å². The van der Waals surface area contributed by atoms with Crippen LogP contribution in [0.15, 0.2) is 52.9 Å². The minimum atomic E-state index is -4.18. The summed E-state index contributed by atoms with van der Waals surface area (Å²) in [5.41, 5.74) is 0.378. The smallest absolute Gasteiger partial charge is 0.266 e. The maximum absolute atomic E-state index is 14.3. The highest BCUT2D eigenvalue weighted by molar-refractivity contribution is 7.93. The molecule has 2 N–H and O–H groups in total. The number of hydrogen-bond acceptors (Lipinski definition) is 5. The molecule has 11 heteroatoms. The Balaban J connectivity index is 1.72. The second kappa shape index (κ2) is 8.21. The van der Waals surface area contributed by atoms with Crippen molar-refractivity contribution < 1.29 is 22.0 Å². The first kappa shape index (κ1) is 20.2. The molecule has 0 spiro atoms. The Morgan fingerprint density at radius 3 is 2.57 bits per heavy atom. The largest absolute Gasteiger partial charge is 0.348 e. The van der Waals surface area contributed by atoms with Crippen molar-refractivity contribution in [2.24, 2.45) is 0 Å². The van der Waals surface area contributed by atoms with E-state index in [-0.39, 0.29) is 22.3 Å². The first-order valence-electron chi connectivity index (χ1n) is 7.70. The molecule has 146 valence electrons. The van der Waals surface area contributed by atoms with E-state index in [4.69, 9.17) is 11.6 Å². The van der Waals surface area contributed by atoms with Crippen LogP contribution in [0.3, 0.4) is 0 Å². The predicted molar refractivity (Wildman–Crippen MR) is 102 cm³/mol. The van der Waals surface area contributed by atoms with Crippen LogP contribution in [-0.4, -0.2) is 19.3 Å². The SMILES string of the molecule is O=C(NCc1ccc(Cl)c(F)c1)c1ccc(S(=O)(=O)Nc2nccs2)c(F)c1. The molecule has 0 fully saturated rings. The van der Waals surface area contributed by atoms with Crippen molar-refractivity contribution in [3.8, 4) is 0 Å². The molecule has 0 saturated heterocycles.